The van der Waals surface area contributed by atoms with Gasteiger partial charge in [0.15, 0.2) is 0 Å². The zero-order valence-corrected chi connectivity index (χ0v) is 12.2. The Balaban J connectivity index is 2.42. The van der Waals surface area contributed by atoms with Crippen molar-refractivity contribution in [3.8, 4) is 5.75 Å². The Morgan fingerprint density at radius 1 is 1.37 bits per heavy atom. The predicted octanol–water partition coefficient (Wildman–Crippen LogP) is 2.56. The van der Waals surface area contributed by atoms with Crippen LogP contribution in [0.25, 0.3) is 0 Å². The summed E-state index contributed by atoms with van der Waals surface area (Å²) in [4.78, 5) is 13.0. The second-order valence-corrected chi connectivity index (χ2v) is 5.56. The molecule has 0 spiro atoms. The van der Waals surface area contributed by atoms with Gasteiger partial charge in [-0.25, -0.2) is 0 Å². The molecule has 4 nitrogen and oxygen atoms in total. The van der Waals surface area contributed by atoms with E-state index in [0.717, 1.165) is 21.9 Å². The minimum Gasteiger partial charge on any atom is -0.494 e. The predicted molar refractivity (Wildman–Crippen MR) is 79.2 cm³/mol. The summed E-state index contributed by atoms with van der Waals surface area (Å²) >= 11 is 1.27. The highest BCUT2D eigenvalue weighted by molar-refractivity contribution is 7.09. The number of nitrogens with zero attached hydrogens (tertiary/aromatic N) is 1. The number of aromatic nitrogens is 1. The van der Waals surface area contributed by atoms with E-state index in [-0.39, 0.29) is 4.87 Å². The van der Waals surface area contributed by atoms with Crippen LogP contribution in [0, 0.1) is 13.8 Å². The highest BCUT2D eigenvalue weighted by Gasteiger charge is 2.11. The molecule has 0 amide bonds. The molecule has 1 heterocycles. The van der Waals surface area contributed by atoms with Crippen molar-refractivity contribution >= 4 is 17.0 Å². The van der Waals surface area contributed by atoms with Crippen LogP contribution in [0.1, 0.15) is 23.1 Å². The van der Waals surface area contributed by atoms with E-state index in [1.54, 1.807) is 4.57 Å². The van der Waals surface area contributed by atoms with E-state index in [2.05, 4.69) is 0 Å². The molecule has 0 radical (unpaired) electrons. The van der Waals surface area contributed by atoms with Gasteiger partial charge in [0.25, 0.3) is 0 Å². The Hall–Kier alpha value is -1.75. The van der Waals surface area contributed by atoms with Gasteiger partial charge in [0.1, 0.15) is 5.75 Å². The number of anilines is 1. The van der Waals surface area contributed by atoms with Crippen LogP contribution >= 0.6 is 11.3 Å². The first-order chi connectivity index (χ1) is 9.02. The normalized spacial score (nSPS) is 10.7. The van der Waals surface area contributed by atoms with Gasteiger partial charge >= 0.3 is 4.87 Å². The van der Waals surface area contributed by atoms with Crippen molar-refractivity contribution in [2.45, 2.75) is 27.3 Å². The Labute approximate surface area is 116 Å². The largest absolute Gasteiger partial charge is 0.494 e. The smallest absolute Gasteiger partial charge is 0.307 e. The quantitative estimate of drug-likeness (QED) is 0.874. The standard InChI is InChI=1S/C14H18N2O2S/c1-4-18-13-6-5-12(15)7-11(13)8-16-9(2)10(3)19-14(16)17/h5-7H,4,8,15H2,1-3H3. The molecule has 102 valence electrons. The minimum absolute atomic E-state index is 0.0554. The van der Waals surface area contributed by atoms with Crippen LogP contribution in [-0.2, 0) is 6.54 Å². The molecule has 2 rings (SSSR count). The fraction of sp³-hybridized carbons (Fsp3) is 0.357. The number of nitrogens with two attached hydrogens (primary N) is 1. The lowest BCUT2D eigenvalue weighted by Crippen LogP contribution is -2.16. The first-order valence-corrected chi connectivity index (χ1v) is 7.02. The fourth-order valence-corrected chi connectivity index (χ4v) is 2.79. The van der Waals surface area contributed by atoms with Crippen LogP contribution < -0.4 is 15.3 Å². The summed E-state index contributed by atoms with van der Waals surface area (Å²) < 4.78 is 7.34. The van der Waals surface area contributed by atoms with Gasteiger partial charge in [0, 0.05) is 21.8 Å². The third-order valence-corrected chi connectivity index (χ3v) is 4.08. The molecule has 1 aromatic carbocycles. The molecule has 0 aliphatic carbocycles. The first kappa shape index (κ1) is 13.7. The third-order valence-electron chi connectivity index (χ3n) is 3.09. The lowest BCUT2D eigenvalue weighted by molar-refractivity contribution is 0.335. The van der Waals surface area contributed by atoms with Crippen molar-refractivity contribution in [2.24, 2.45) is 0 Å². The fourth-order valence-electron chi connectivity index (χ4n) is 1.96. The van der Waals surface area contributed by atoms with Crippen molar-refractivity contribution in [3.05, 3.63) is 44.0 Å². The Morgan fingerprint density at radius 3 is 2.68 bits per heavy atom. The number of aryl methyl sites for hydroxylation is 1. The van der Waals surface area contributed by atoms with E-state index in [1.165, 1.54) is 11.3 Å². The van der Waals surface area contributed by atoms with Gasteiger partial charge < -0.3 is 10.5 Å². The minimum atomic E-state index is 0.0554. The highest BCUT2D eigenvalue weighted by Crippen LogP contribution is 2.23. The lowest BCUT2D eigenvalue weighted by atomic mass is 10.1. The number of hydrogen-bond donors (Lipinski definition) is 1. The summed E-state index contributed by atoms with van der Waals surface area (Å²) in [7, 11) is 0. The molecule has 1 aromatic heterocycles. The van der Waals surface area contributed by atoms with E-state index in [4.69, 9.17) is 10.5 Å². The number of nitrogen functional groups attached to an aromatic ring is 1. The maximum atomic E-state index is 11.9. The van der Waals surface area contributed by atoms with Gasteiger partial charge in [-0.3, -0.25) is 9.36 Å². The molecule has 0 saturated heterocycles. The molecular weight excluding hydrogens is 260 g/mol. The number of ether oxygens (including phenoxy) is 1. The number of thiazole rings is 1. The average Bonchev–Trinajstić information content (AvgIpc) is 2.59. The molecule has 5 heteroatoms. The van der Waals surface area contributed by atoms with Crippen molar-refractivity contribution in [3.63, 3.8) is 0 Å². The Bertz CT molecular complexity index is 643. The highest BCUT2D eigenvalue weighted by atomic mass is 32.1. The van der Waals surface area contributed by atoms with Crippen molar-refractivity contribution < 1.29 is 4.74 Å². The van der Waals surface area contributed by atoms with Crippen LogP contribution in [0.4, 0.5) is 5.69 Å². The molecule has 2 aromatic rings. The molecule has 0 saturated carbocycles. The molecule has 0 atom stereocenters. The topological polar surface area (TPSA) is 57.2 Å². The Kier molecular flexibility index (Phi) is 3.95. The zero-order chi connectivity index (χ0) is 14.0. The van der Waals surface area contributed by atoms with Crippen molar-refractivity contribution in [2.75, 3.05) is 12.3 Å². The summed E-state index contributed by atoms with van der Waals surface area (Å²) in [6.07, 6.45) is 0. The zero-order valence-electron chi connectivity index (χ0n) is 11.4. The van der Waals surface area contributed by atoms with Gasteiger partial charge in [0.05, 0.1) is 13.2 Å². The van der Waals surface area contributed by atoms with E-state index in [9.17, 15) is 4.79 Å². The molecular formula is C14H18N2O2S. The van der Waals surface area contributed by atoms with Crippen molar-refractivity contribution in [1.82, 2.24) is 4.57 Å². The molecule has 0 bridgehead atoms. The number of hydrogen-bond acceptors (Lipinski definition) is 4. The van der Waals surface area contributed by atoms with E-state index >= 15 is 0 Å². The Morgan fingerprint density at radius 2 is 2.11 bits per heavy atom. The summed E-state index contributed by atoms with van der Waals surface area (Å²) in [6.45, 7) is 6.94. The summed E-state index contributed by atoms with van der Waals surface area (Å²) in [5.41, 5.74) is 8.43. The number of rotatable bonds is 4. The van der Waals surface area contributed by atoms with Gasteiger partial charge in [-0.2, -0.15) is 0 Å². The first-order valence-electron chi connectivity index (χ1n) is 6.21. The SMILES string of the molecule is CCOc1ccc(N)cc1Cn1c(C)c(C)sc1=O. The van der Waals surface area contributed by atoms with Gasteiger partial charge in [-0.05, 0) is 39.0 Å². The molecule has 2 N–H and O–H groups in total. The van der Waals surface area contributed by atoms with Gasteiger partial charge in [0.2, 0.25) is 0 Å². The maximum Gasteiger partial charge on any atom is 0.307 e. The third kappa shape index (κ3) is 2.81. The van der Waals surface area contributed by atoms with Crippen LogP contribution in [0.2, 0.25) is 0 Å². The van der Waals surface area contributed by atoms with Crippen LogP contribution in [0.5, 0.6) is 5.75 Å². The lowest BCUT2D eigenvalue weighted by Gasteiger charge is -2.12. The van der Waals surface area contributed by atoms with E-state index < -0.39 is 0 Å². The summed E-state index contributed by atoms with van der Waals surface area (Å²) in [6, 6.07) is 5.53. The van der Waals surface area contributed by atoms with E-state index in [1.807, 2.05) is 39.0 Å². The van der Waals surface area contributed by atoms with Gasteiger partial charge in [-0.1, -0.05) is 11.3 Å². The molecule has 0 fully saturated rings. The molecule has 0 aliphatic heterocycles. The molecule has 19 heavy (non-hydrogen) atoms. The van der Waals surface area contributed by atoms with Crippen LogP contribution in [-0.4, -0.2) is 11.2 Å². The van der Waals surface area contributed by atoms with Crippen LogP contribution in [0.15, 0.2) is 23.0 Å². The van der Waals surface area contributed by atoms with Crippen LogP contribution in [0.3, 0.4) is 0 Å². The summed E-state index contributed by atoms with van der Waals surface area (Å²) in [5, 5.41) is 0. The second kappa shape index (κ2) is 5.48. The van der Waals surface area contributed by atoms with E-state index in [0.29, 0.717) is 18.8 Å². The molecule has 0 unspecified atom stereocenters. The molecule has 0 aliphatic rings. The van der Waals surface area contributed by atoms with Gasteiger partial charge in [-0.15, -0.1) is 0 Å². The van der Waals surface area contributed by atoms with Crippen molar-refractivity contribution in [1.29, 1.82) is 0 Å². The summed E-state index contributed by atoms with van der Waals surface area (Å²) in [5.74, 6) is 0.784. The number of benzene rings is 1. The average molecular weight is 278 g/mol. The maximum absolute atomic E-state index is 11.9. The second-order valence-electron chi connectivity index (χ2n) is 4.40. The monoisotopic (exact) mass is 278 g/mol.